The van der Waals surface area contributed by atoms with Crippen LogP contribution in [-0.2, 0) is 5.41 Å². The van der Waals surface area contributed by atoms with Gasteiger partial charge < -0.3 is 4.90 Å². The molecule has 0 fully saturated rings. The molecular weight excluding hydrogens is 460 g/mol. The van der Waals surface area contributed by atoms with E-state index in [1.54, 1.807) is 0 Å². The third kappa shape index (κ3) is 4.10. The van der Waals surface area contributed by atoms with Crippen molar-refractivity contribution in [1.29, 1.82) is 0 Å². The van der Waals surface area contributed by atoms with E-state index < -0.39 is 0 Å². The molecule has 2 aromatic carbocycles. The molecule has 1 atom stereocenters. The Morgan fingerprint density at radius 1 is 1.00 bits per heavy atom. The van der Waals surface area contributed by atoms with Crippen LogP contribution >= 0.6 is 11.6 Å². The molecule has 0 radical (unpaired) electrons. The van der Waals surface area contributed by atoms with Gasteiger partial charge in [0, 0.05) is 46.1 Å². The Morgan fingerprint density at radius 3 is 2.53 bits per heavy atom. The van der Waals surface area contributed by atoms with Crippen molar-refractivity contribution in [3.05, 3.63) is 106 Å². The maximum Gasteiger partial charge on any atom is 0.209 e. The van der Waals surface area contributed by atoms with Crippen LogP contribution in [0.25, 0.3) is 0 Å². The normalized spacial score (nSPS) is 23.4. The quantitative estimate of drug-likeness (QED) is 0.374. The summed E-state index contributed by atoms with van der Waals surface area (Å²) < 4.78 is 2.44. The third-order valence-electron chi connectivity index (χ3n) is 8.23. The number of hydrogen-bond acceptors (Lipinski definition) is 1. The van der Waals surface area contributed by atoms with Gasteiger partial charge in [-0.15, -0.1) is 0 Å². The molecule has 0 bridgehead atoms. The van der Waals surface area contributed by atoms with Crippen molar-refractivity contribution in [2.45, 2.75) is 65.2 Å². The number of allylic oxidation sites excluding steroid dienone is 8. The molecule has 36 heavy (non-hydrogen) atoms. The smallest absolute Gasteiger partial charge is 0.209 e. The lowest BCUT2D eigenvalue weighted by molar-refractivity contribution is -0.432. The van der Waals surface area contributed by atoms with Gasteiger partial charge in [0.05, 0.1) is 5.92 Å². The first-order valence-electron chi connectivity index (χ1n) is 13.5. The first-order valence-corrected chi connectivity index (χ1v) is 13.8. The Hall–Kier alpha value is -2.84. The van der Waals surface area contributed by atoms with E-state index in [-0.39, 0.29) is 5.41 Å². The van der Waals surface area contributed by atoms with Crippen molar-refractivity contribution in [3.8, 4) is 0 Å². The zero-order valence-corrected chi connectivity index (χ0v) is 23.1. The summed E-state index contributed by atoms with van der Waals surface area (Å²) in [5, 5.41) is 0.928. The second-order valence-electron chi connectivity index (χ2n) is 10.6. The third-order valence-corrected chi connectivity index (χ3v) is 8.72. The molecule has 0 aromatic heterocycles. The Bertz CT molecular complexity index is 1330. The van der Waals surface area contributed by atoms with Crippen LogP contribution in [0.15, 0.2) is 94.7 Å². The first-order chi connectivity index (χ1) is 17.4. The molecule has 2 heterocycles. The predicted octanol–water partition coefficient (Wildman–Crippen LogP) is 8.77. The molecule has 0 saturated heterocycles. The minimum atomic E-state index is -0.0227. The monoisotopic (exact) mass is 497 g/mol. The van der Waals surface area contributed by atoms with E-state index in [4.69, 9.17) is 11.6 Å². The van der Waals surface area contributed by atoms with E-state index in [9.17, 15) is 0 Å². The van der Waals surface area contributed by atoms with Crippen LogP contribution < -0.4 is 4.90 Å². The Morgan fingerprint density at radius 2 is 1.75 bits per heavy atom. The molecule has 1 unspecified atom stereocenters. The number of likely N-dealkylation sites (N-methyl/N-ethyl adjacent to an activating group) is 1. The van der Waals surface area contributed by atoms with Crippen LogP contribution in [0, 0.1) is 0 Å². The van der Waals surface area contributed by atoms with Gasteiger partial charge in [0.1, 0.15) is 6.54 Å². The standard InChI is InChI=1S/C33H38ClN2/c1-6-35-28(23(3)26-15-8-10-17-29(26)35)21-19-24-13-12-14-25(32(24)34)20-22-31-33(4,5)27-16-9-11-18-30(27)36(31)7-2/h8-11,15-23H,6-7,12-14H2,1-5H3/q+1. The van der Waals surface area contributed by atoms with E-state index in [0.29, 0.717) is 5.92 Å². The highest BCUT2D eigenvalue weighted by Gasteiger charge is 2.39. The summed E-state index contributed by atoms with van der Waals surface area (Å²) in [7, 11) is 0. The van der Waals surface area contributed by atoms with Crippen LogP contribution in [0.1, 0.15) is 70.9 Å². The average molecular weight is 498 g/mol. The van der Waals surface area contributed by atoms with Crippen LogP contribution in [0.2, 0.25) is 0 Å². The maximum atomic E-state index is 7.04. The largest absolute Gasteiger partial charge is 0.344 e. The predicted molar refractivity (Wildman–Crippen MR) is 155 cm³/mol. The molecular formula is C33H38ClN2+. The van der Waals surface area contributed by atoms with Crippen molar-refractivity contribution >= 4 is 28.7 Å². The van der Waals surface area contributed by atoms with Crippen molar-refractivity contribution in [1.82, 2.24) is 0 Å². The molecule has 5 rings (SSSR count). The number of para-hydroxylation sites is 2. The van der Waals surface area contributed by atoms with E-state index in [0.717, 1.165) is 37.4 Å². The van der Waals surface area contributed by atoms with Gasteiger partial charge in [-0.2, -0.15) is 4.58 Å². The highest BCUT2D eigenvalue weighted by molar-refractivity contribution is 6.32. The lowest BCUT2D eigenvalue weighted by atomic mass is 9.83. The highest BCUT2D eigenvalue weighted by Crippen LogP contribution is 2.47. The lowest BCUT2D eigenvalue weighted by Gasteiger charge is -2.26. The van der Waals surface area contributed by atoms with Crippen LogP contribution in [0.3, 0.4) is 0 Å². The van der Waals surface area contributed by atoms with Crippen LogP contribution in [-0.4, -0.2) is 23.4 Å². The first kappa shape index (κ1) is 24.8. The number of hydrogen-bond donors (Lipinski definition) is 0. The van der Waals surface area contributed by atoms with E-state index in [2.05, 4.69) is 117 Å². The molecule has 0 amide bonds. The molecule has 3 aliphatic rings. The number of nitrogens with zero attached hydrogens (tertiary/aromatic N) is 2. The van der Waals surface area contributed by atoms with Crippen LogP contribution in [0.5, 0.6) is 0 Å². The van der Waals surface area contributed by atoms with Gasteiger partial charge in [-0.3, -0.25) is 0 Å². The fourth-order valence-electron chi connectivity index (χ4n) is 6.27. The minimum Gasteiger partial charge on any atom is -0.344 e. The average Bonchev–Trinajstić information content (AvgIpc) is 3.29. The van der Waals surface area contributed by atoms with Gasteiger partial charge in [-0.1, -0.05) is 74.0 Å². The van der Waals surface area contributed by atoms with Gasteiger partial charge in [0.15, 0.2) is 5.71 Å². The summed E-state index contributed by atoms with van der Waals surface area (Å²) in [5.41, 5.74) is 10.7. The van der Waals surface area contributed by atoms with E-state index in [1.807, 2.05) is 0 Å². The summed E-state index contributed by atoms with van der Waals surface area (Å²) in [5.74, 6) is 0.395. The molecule has 0 saturated carbocycles. The van der Waals surface area contributed by atoms with Crippen LogP contribution in [0.4, 0.5) is 11.4 Å². The Balaban J connectivity index is 1.46. The van der Waals surface area contributed by atoms with Gasteiger partial charge in [-0.05, 0) is 68.9 Å². The fraction of sp³-hybridized carbons (Fsp3) is 0.364. The molecule has 0 spiro atoms. The number of anilines is 1. The van der Waals surface area contributed by atoms with Gasteiger partial charge >= 0.3 is 0 Å². The van der Waals surface area contributed by atoms with Gasteiger partial charge in [0.25, 0.3) is 0 Å². The molecule has 3 heteroatoms. The minimum absolute atomic E-state index is 0.0227. The molecule has 2 nitrogen and oxygen atoms in total. The zero-order valence-electron chi connectivity index (χ0n) is 22.3. The second kappa shape index (κ2) is 9.90. The number of fused-ring (bicyclic) bond motifs is 2. The Kier molecular flexibility index (Phi) is 6.83. The zero-order chi connectivity index (χ0) is 25.4. The summed E-state index contributed by atoms with van der Waals surface area (Å²) in [6.07, 6.45) is 12.4. The summed E-state index contributed by atoms with van der Waals surface area (Å²) in [4.78, 5) is 2.45. The summed E-state index contributed by atoms with van der Waals surface area (Å²) in [6, 6.07) is 17.6. The Labute approximate surface area is 222 Å². The summed E-state index contributed by atoms with van der Waals surface area (Å²) >= 11 is 7.04. The number of rotatable bonds is 5. The number of halogens is 1. The molecule has 1 aliphatic carbocycles. The highest BCUT2D eigenvalue weighted by atomic mass is 35.5. The molecule has 2 aromatic rings. The second-order valence-corrected chi connectivity index (χ2v) is 11.0. The maximum absolute atomic E-state index is 7.04. The van der Waals surface area contributed by atoms with E-state index in [1.165, 1.54) is 45.1 Å². The van der Waals surface area contributed by atoms with E-state index >= 15 is 0 Å². The van der Waals surface area contributed by atoms with Crippen molar-refractivity contribution < 1.29 is 4.58 Å². The fourth-order valence-corrected chi connectivity index (χ4v) is 6.59. The van der Waals surface area contributed by atoms with Crippen molar-refractivity contribution in [2.75, 3.05) is 18.0 Å². The van der Waals surface area contributed by atoms with Gasteiger partial charge in [0.2, 0.25) is 5.69 Å². The van der Waals surface area contributed by atoms with Gasteiger partial charge in [-0.25, -0.2) is 0 Å². The molecule has 0 N–H and O–H groups in total. The lowest BCUT2D eigenvalue weighted by Crippen LogP contribution is -2.25. The van der Waals surface area contributed by atoms with Crippen molar-refractivity contribution in [3.63, 3.8) is 0 Å². The molecule has 186 valence electrons. The SMILES string of the molecule is CCN1/C(=C/C=C2\CCCC(/C=C/C3=[N+](CC)c4ccccc4C3C)=C2Cl)C(C)(C)c2ccccc21. The summed E-state index contributed by atoms with van der Waals surface area (Å²) in [6.45, 7) is 13.4. The number of benzene rings is 2. The van der Waals surface area contributed by atoms with Crippen molar-refractivity contribution in [2.24, 2.45) is 0 Å². The topological polar surface area (TPSA) is 6.25 Å². The molecule has 2 aliphatic heterocycles.